The van der Waals surface area contributed by atoms with E-state index in [0.29, 0.717) is 5.56 Å². The average Bonchev–Trinajstić information content (AvgIpc) is 3.08. The molecule has 0 N–H and O–H groups in total. The molecule has 1 aliphatic heterocycles. The highest BCUT2D eigenvalue weighted by Crippen LogP contribution is 2.31. The minimum absolute atomic E-state index is 0.0214. The second-order valence-electron chi connectivity index (χ2n) is 8.21. The number of fused-ring (bicyclic) bond motifs is 1. The van der Waals surface area contributed by atoms with E-state index in [4.69, 9.17) is 4.74 Å². The van der Waals surface area contributed by atoms with Gasteiger partial charge in [0, 0.05) is 18.8 Å². The summed E-state index contributed by atoms with van der Waals surface area (Å²) in [5, 5.41) is 0. The fourth-order valence-electron chi connectivity index (χ4n) is 3.90. The minimum Gasteiger partial charge on any atom is -0.495 e. The molecule has 1 aromatic heterocycles. The van der Waals surface area contributed by atoms with Gasteiger partial charge in [-0.2, -0.15) is 4.31 Å². The molecule has 3 aromatic rings. The van der Waals surface area contributed by atoms with Gasteiger partial charge in [-0.25, -0.2) is 8.42 Å². The van der Waals surface area contributed by atoms with Gasteiger partial charge in [-0.1, -0.05) is 36.4 Å². The van der Waals surface area contributed by atoms with E-state index in [1.807, 2.05) is 44.2 Å². The van der Waals surface area contributed by atoms with Crippen molar-refractivity contribution in [3.05, 3.63) is 89.2 Å². The van der Waals surface area contributed by atoms with Crippen LogP contribution in [0.2, 0.25) is 0 Å². The molecule has 0 aliphatic carbocycles. The average molecular weight is 480 g/mol. The van der Waals surface area contributed by atoms with E-state index in [0.717, 1.165) is 10.5 Å². The number of rotatable bonds is 8. The van der Waals surface area contributed by atoms with Gasteiger partial charge in [0.1, 0.15) is 16.3 Å². The van der Waals surface area contributed by atoms with Crippen molar-refractivity contribution >= 4 is 21.8 Å². The summed E-state index contributed by atoms with van der Waals surface area (Å²) >= 11 is 0. The highest BCUT2D eigenvalue weighted by atomic mass is 32.2. The molecule has 0 atom stereocenters. The number of methoxy groups -OCH3 is 1. The number of ether oxygens (including phenoxy) is 1. The van der Waals surface area contributed by atoms with E-state index >= 15 is 0 Å². The van der Waals surface area contributed by atoms with E-state index in [2.05, 4.69) is 4.98 Å². The quantitative estimate of drug-likeness (QED) is 0.459. The standard InChI is InChI=1S/C25H25N3O5S/c1-17(2)28(16-18-8-5-4-6-9-18)34(31,32)22-14-19(11-12-21(22)33-3)15-27-24(29)20-10-7-13-26-23(20)25(27)30/h4-14,17H,15-16H2,1-3H3. The number of imide groups is 1. The first kappa shape index (κ1) is 23.6. The number of carbonyl (C=O) groups is 2. The Bertz CT molecular complexity index is 1300. The molecule has 2 heterocycles. The van der Waals surface area contributed by atoms with Crippen LogP contribution in [0.5, 0.6) is 5.75 Å². The van der Waals surface area contributed by atoms with Gasteiger partial charge >= 0.3 is 0 Å². The maximum Gasteiger partial charge on any atom is 0.280 e. The maximum absolute atomic E-state index is 13.7. The summed E-state index contributed by atoms with van der Waals surface area (Å²) in [4.78, 5) is 30.5. The predicted molar refractivity (Wildman–Crippen MR) is 126 cm³/mol. The molecule has 4 rings (SSSR count). The third-order valence-electron chi connectivity index (χ3n) is 5.64. The first-order valence-corrected chi connectivity index (χ1v) is 12.2. The lowest BCUT2D eigenvalue weighted by Gasteiger charge is -2.27. The number of nitrogens with zero attached hydrogens (tertiary/aromatic N) is 3. The Morgan fingerprint density at radius 3 is 2.35 bits per heavy atom. The van der Waals surface area contributed by atoms with Crippen molar-refractivity contribution in [2.75, 3.05) is 7.11 Å². The molecule has 2 aromatic carbocycles. The molecule has 0 bridgehead atoms. The van der Waals surface area contributed by atoms with Gasteiger partial charge < -0.3 is 4.74 Å². The predicted octanol–water partition coefficient (Wildman–Crippen LogP) is 3.49. The van der Waals surface area contributed by atoms with Crippen LogP contribution in [0, 0.1) is 0 Å². The number of hydrogen-bond acceptors (Lipinski definition) is 6. The van der Waals surface area contributed by atoms with Gasteiger partial charge in [0.25, 0.3) is 11.8 Å². The monoisotopic (exact) mass is 479 g/mol. The molecule has 0 saturated carbocycles. The molecule has 176 valence electrons. The zero-order valence-electron chi connectivity index (χ0n) is 19.1. The molecule has 0 spiro atoms. The molecule has 0 fully saturated rings. The smallest absolute Gasteiger partial charge is 0.280 e. The van der Waals surface area contributed by atoms with E-state index < -0.39 is 21.8 Å². The largest absolute Gasteiger partial charge is 0.495 e. The Kier molecular flexibility index (Phi) is 6.49. The van der Waals surface area contributed by atoms with Crippen LogP contribution >= 0.6 is 0 Å². The molecular weight excluding hydrogens is 454 g/mol. The summed E-state index contributed by atoms with van der Waals surface area (Å²) in [6, 6.07) is 16.8. The van der Waals surface area contributed by atoms with Gasteiger partial charge in [-0.3, -0.25) is 19.5 Å². The summed E-state index contributed by atoms with van der Waals surface area (Å²) in [7, 11) is -2.57. The molecule has 0 saturated heterocycles. The van der Waals surface area contributed by atoms with E-state index in [1.54, 1.807) is 24.3 Å². The van der Waals surface area contributed by atoms with Crippen LogP contribution in [0.15, 0.2) is 71.8 Å². The van der Waals surface area contributed by atoms with Crippen molar-refractivity contribution in [1.82, 2.24) is 14.2 Å². The fraction of sp³-hybridized carbons (Fsp3) is 0.240. The minimum atomic E-state index is -3.97. The van der Waals surface area contributed by atoms with Crippen LogP contribution in [0.4, 0.5) is 0 Å². The summed E-state index contributed by atoms with van der Waals surface area (Å²) in [6.07, 6.45) is 1.46. The molecule has 9 heteroatoms. The van der Waals surface area contributed by atoms with Gasteiger partial charge in [0.15, 0.2) is 0 Å². The number of carbonyl (C=O) groups excluding carboxylic acids is 2. The van der Waals surface area contributed by atoms with Gasteiger partial charge in [-0.15, -0.1) is 0 Å². The zero-order valence-corrected chi connectivity index (χ0v) is 20.0. The van der Waals surface area contributed by atoms with Crippen molar-refractivity contribution in [2.24, 2.45) is 0 Å². The van der Waals surface area contributed by atoms with Gasteiger partial charge in [0.05, 0.1) is 19.2 Å². The van der Waals surface area contributed by atoms with E-state index in [9.17, 15) is 18.0 Å². The fourth-order valence-corrected chi connectivity index (χ4v) is 5.73. The van der Waals surface area contributed by atoms with Crippen molar-refractivity contribution < 1.29 is 22.7 Å². The molecule has 1 aliphatic rings. The third kappa shape index (κ3) is 4.32. The SMILES string of the molecule is COc1ccc(CN2C(=O)c3cccnc3C2=O)cc1S(=O)(=O)N(Cc1ccccc1)C(C)C. The van der Waals surface area contributed by atoms with Crippen LogP contribution in [-0.2, 0) is 23.1 Å². The Labute approximate surface area is 198 Å². The number of hydrogen-bond donors (Lipinski definition) is 0. The highest BCUT2D eigenvalue weighted by molar-refractivity contribution is 7.89. The first-order valence-electron chi connectivity index (χ1n) is 10.8. The van der Waals surface area contributed by atoms with Crippen LogP contribution in [0.1, 0.15) is 45.8 Å². The Morgan fingerprint density at radius 2 is 1.71 bits per heavy atom. The molecule has 2 amide bonds. The van der Waals surface area contributed by atoms with Crippen molar-refractivity contribution in [1.29, 1.82) is 0 Å². The van der Waals surface area contributed by atoms with E-state index in [-0.39, 0.29) is 41.0 Å². The molecule has 8 nitrogen and oxygen atoms in total. The number of amides is 2. The van der Waals surface area contributed by atoms with Crippen LogP contribution < -0.4 is 4.74 Å². The lowest BCUT2D eigenvalue weighted by molar-refractivity contribution is 0.0640. The number of benzene rings is 2. The van der Waals surface area contributed by atoms with Gasteiger partial charge in [-0.05, 0) is 49.2 Å². The lowest BCUT2D eigenvalue weighted by atomic mass is 10.2. The second kappa shape index (κ2) is 9.36. The van der Waals surface area contributed by atoms with Crippen molar-refractivity contribution in [3.8, 4) is 5.75 Å². The summed E-state index contributed by atoms with van der Waals surface area (Å²) in [5.41, 5.74) is 1.68. The third-order valence-corrected chi connectivity index (χ3v) is 7.69. The Hall–Kier alpha value is -3.56. The Balaban J connectivity index is 1.68. The van der Waals surface area contributed by atoms with Gasteiger partial charge in [0.2, 0.25) is 10.0 Å². The van der Waals surface area contributed by atoms with E-state index in [1.165, 1.54) is 23.7 Å². The summed E-state index contributed by atoms with van der Waals surface area (Å²) < 4.78 is 34.3. The van der Waals surface area contributed by atoms with Crippen molar-refractivity contribution in [3.63, 3.8) is 0 Å². The van der Waals surface area contributed by atoms with Crippen LogP contribution in [0.3, 0.4) is 0 Å². The van der Waals surface area contributed by atoms with Crippen molar-refractivity contribution in [2.45, 2.75) is 37.9 Å². The van der Waals surface area contributed by atoms with Crippen LogP contribution in [-0.4, -0.2) is 47.6 Å². The Morgan fingerprint density at radius 1 is 0.971 bits per heavy atom. The first-order chi connectivity index (χ1) is 16.2. The molecule has 0 unspecified atom stereocenters. The number of sulfonamides is 1. The lowest BCUT2D eigenvalue weighted by Crippen LogP contribution is -2.36. The summed E-state index contributed by atoms with van der Waals surface area (Å²) in [6.45, 7) is 3.73. The summed E-state index contributed by atoms with van der Waals surface area (Å²) in [5.74, 6) is -0.776. The molecule has 0 radical (unpaired) electrons. The number of aromatic nitrogens is 1. The normalized spacial score (nSPS) is 13.6. The second-order valence-corrected chi connectivity index (χ2v) is 10.1. The zero-order chi connectivity index (χ0) is 24.5. The van der Waals surface area contributed by atoms with Crippen LogP contribution in [0.25, 0.3) is 0 Å². The maximum atomic E-state index is 13.7. The molecular formula is C25H25N3O5S. The molecule has 34 heavy (non-hydrogen) atoms. The topological polar surface area (TPSA) is 96.9 Å². The number of pyridine rings is 1. The highest BCUT2D eigenvalue weighted by Gasteiger charge is 2.37.